The Morgan fingerprint density at radius 2 is 1.92 bits per heavy atom. The normalized spacial score (nSPS) is 49.2. The summed E-state index contributed by atoms with van der Waals surface area (Å²) in [5.41, 5.74) is 0. The van der Waals surface area contributed by atoms with E-state index in [0.717, 1.165) is 6.42 Å². The third-order valence-corrected chi connectivity index (χ3v) is 2.84. The Bertz CT molecular complexity index is 191. The molecule has 13 heavy (non-hydrogen) atoms. The Kier molecular flexibility index (Phi) is 2.34. The highest BCUT2D eigenvalue weighted by Crippen LogP contribution is 2.39. The van der Waals surface area contributed by atoms with Gasteiger partial charge in [-0.25, -0.2) is 0 Å². The van der Waals surface area contributed by atoms with Crippen LogP contribution in [0, 0.1) is 5.92 Å². The van der Waals surface area contributed by atoms with Gasteiger partial charge in [-0.05, 0) is 19.3 Å². The minimum atomic E-state index is -0.423. The molecule has 1 N–H and O–H groups in total. The summed E-state index contributed by atoms with van der Waals surface area (Å²) in [5, 5.41) is 9.59. The van der Waals surface area contributed by atoms with Crippen molar-refractivity contribution in [3.63, 3.8) is 0 Å². The van der Waals surface area contributed by atoms with Gasteiger partial charge in [0.05, 0.1) is 12.2 Å². The predicted molar refractivity (Wildman–Crippen MR) is 48.5 cm³/mol. The lowest BCUT2D eigenvalue weighted by Gasteiger charge is -2.29. The Morgan fingerprint density at radius 1 is 1.23 bits per heavy atom. The minimum absolute atomic E-state index is 0.0486. The van der Waals surface area contributed by atoms with Crippen LogP contribution in [0.4, 0.5) is 0 Å². The number of hydrogen-bond acceptors (Lipinski definition) is 3. The highest BCUT2D eigenvalue weighted by molar-refractivity contribution is 5.02. The fraction of sp³-hybridized carbons (Fsp3) is 1.00. The molecule has 0 aromatic carbocycles. The standard InChI is InChI=1S/C10H18O3/c1-5(2)4-7-9-10(13-9)8(11)6(3)12-7/h5-11H,4H2,1-3H3/t6-,7-,8-,9+,10-/m0/s1. The first-order valence-electron chi connectivity index (χ1n) is 5.08. The maximum absolute atomic E-state index is 9.59. The molecule has 0 spiro atoms. The first-order chi connectivity index (χ1) is 6.09. The van der Waals surface area contributed by atoms with Gasteiger partial charge in [-0.15, -0.1) is 0 Å². The Balaban J connectivity index is 1.93. The van der Waals surface area contributed by atoms with Crippen LogP contribution < -0.4 is 0 Å². The van der Waals surface area contributed by atoms with E-state index in [0.29, 0.717) is 5.92 Å². The van der Waals surface area contributed by atoms with Crippen molar-refractivity contribution < 1.29 is 14.6 Å². The molecule has 5 atom stereocenters. The lowest BCUT2D eigenvalue weighted by atomic mass is 9.96. The molecule has 0 amide bonds. The van der Waals surface area contributed by atoms with Crippen LogP contribution in [0.5, 0.6) is 0 Å². The molecule has 76 valence electrons. The van der Waals surface area contributed by atoms with E-state index in [9.17, 15) is 5.11 Å². The molecule has 0 radical (unpaired) electrons. The van der Waals surface area contributed by atoms with Crippen LogP contribution in [0.25, 0.3) is 0 Å². The first-order valence-corrected chi connectivity index (χ1v) is 5.08. The highest BCUT2D eigenvalue weighted by atomic mass is 16.7. The zero-order valence-corrected chi connectivity index (χ0v) is 8.43. The molecular formula is C10H18O3. The van der Waals surface area contributed by atoms with Crippen LogP contribution in [-0.4, -0.2) is 35.6 Å². The largest absolute Gasteiger partial charge is 0.388 e. The molecule has 2 saturated heterocycles. The predicted octanol–water partition coefficient (Wildman–Crippen LogP) is 0.948. The second-order valence-electron chi connectivity index (χ2n) is 4.57. The van der Waals surface area contributed by atoms with Crippen LogP contribution in [0.15, 0.2) is 0 Å². The smallest absolute Gasteiger partial charge is 0.115 e. The zero-order valence-electron chi connectivity index (χ0n) is 8.43. The monoisotopic (exact) mass is 186 g/mol. The van der Waals surface area contributed by atoms with E-state index < -0.39 is 6.10 Å². The molecule has 2 aliphatic heterocycles. The molecule has 2 aliphatic rings. The van der Waals surface area contributed by atoms with Gasteiger partial charge >= 0.3 is 0 Å². The second-order valence-corrected chi connectivity index (χ2v) is 4.57. The summed E-state index contributed by atoms with van der Waals surface area (Å²) in [4.78, 5) is 0. The van der Waals surface area contributed by atoms with Gasteiger partial charge in [-0.1, -0.05) is 13.8 Å². The van der Waals surface area contributed by atoms with E-state index in [1.807, 2.05) is 6.92 Å². The van der Waals surface area contributed by atoms with E-state index in [2.05, 4.69) is 13.8 Å². The summed E-state index contributed by atoms with van der Waals surface area (Å²) in [7, 11) is 0. The SMILES string of the molecule is CC(C)C[C@@H]1O[C@@H](C)[C@H](O)[C@@H]2O[C@@H]21. The molecule has 3 nitrogen and oxygen atoms in total. The number of aliphatic hydroxyl groups excluding tert-OH is 1. The quantitative estimate of drug-likeness (QED) is 0.653. The van der Waals surface area contributed by atoms with Gasteiger partial charge < -0.3 is 14.6 Å². The van der Waals surface area contributed by atoms with Crippen molar-refractivity contribution in [3.8, 4) is 0 Å². The Labute approximate surface area is 79.0 Å². The molecule has 0 aromatic heterocycles. The number of hydrogen-bond donors (Lipinski definition) is 1. The molecule has 2 rings (SSSR count). The second kappa shape index (κ2) is 3.23. The van der Waals surface area contributed by atoms with E-state index in [1.165, 1.54) is 0 Å². The van der Waals surface area contributed by atoms with Crippen LogP contribution in [-0.2, 0) is 9.47 Å². The van der Waals surface area contributed by atoms with Crippen LogP contribution in [0.2, 0.25) is 0 Å². The maximum Gasteiger partial charge on any atom is 0.115 e. The molecule has 0 bridgehead atoms. The van der Waals surface area contributed by atoms with Crippen molar-refractivity contribution in [1.82, 2.24) is 0 Å². The van der Waals surface area contributed by atoms with Gasteiger partial charge in [-0.3, -0.25) is 0 Å². The molecular weight excluding hydrogens is 168 g/mol. The van der Waals surface area contributed by atoms with E-state index >= 15 is 0 Å². The summed E-state index contributed by atoms with van der Waals surface area (Å²) in [6.07, 6.45) is 0.934. The molecule has 0 aliphatic carbocycles. The molecule has 0 unspecified atom stereocenters. The first kappa shape index (κ1) is 9.44. The summed E-state index contributed by atoms with van der Waals surface area (Å²) in [5.74, 6) is 0.622. The van der Waals surface area contributed by atoms with Crippen molar-refractivity contribution in [1.29, 1.82) is 0 Å². The van der Waals surface area contributed by atoms with E-state index in [-0.39, 0.29) is 24.4 Å². The van der Waals surface area contributed by atoms with Crippen LogP contribution in [0.1, 0.15) is 27.2 Å². The van der Waals surface area contributed by atoms with Crippen LogP contribution in [0.3, 0.4) is 0 Å². The lowest BCUT2D eigenvalue weighted by molar-refractivity contribution is -0.0958. The third kappa shape index (κ3) is 1.73. The van der Waals surface area contributed by atoms with Gasteiger partial charge in [0, 0.05) is 0 Å². The van der Waals surface area contributed by atoms with E-state index in [4.69, 9.17) is 9.47 Å². The van der Waals surface area contributed by atoms with Crippen LogP contribution >= 0.6 is 0 Å². The van der Waals surface area contributed by atoms with Gasteiger partial charge in [-0.2, -0.15) is 0 Å². The average Bonchev–Trinajstić information content (AvgIpc) is 2.77. The van der Waals surface area contributed by atoms with Gasteiger partial charge in [0.15, 0.2) is 0 Å². The fourth-order valence-electron chi connectivity index (χ4n) is 2.07. The summed E-state index contributed by atoms with van der Waals surface area (Å²) in [6, 6.07) is 0. The van der Waals surface area contributed by atoms with Crippen molar-refractivity contribution in [2.75, 3.05) is 0 Å². The van der Waals surface area contributed by atoms with E-state index in [1.54, 1.807) is 0 Å². The summed E-state index contributed by atoms with van der Waals surface area (Å²) >= 11 is 0. The Morgan fingerprint density at radius 3 is 2.54 bits per heavy atom. The number of fused-ring (bicyclic) bond motifs is 1. The van der Waals surface area contributed by atoms with Gasteiger partial charge in [0.25, 0.3) is 0 Å². The van der Waals surface area contributed by atoms with Gasteiger partial charge in [0.1, 0.15) is 18.3 Å². The van der Waals surface area contributed by atoms with Crippen molar-refractivity contribution >= 4 is 0 Å². The zero-order chi connectivity index (χ0) is 9.59. The fourth-order valence-corrected chi connectivity index (χ4v) is 2.07. The van der Waals surface area contributed by atoms with Crippen molar-refractivity contribution in [2.45, 2.75) is 57.7 Å². The summed E-state index contributed by atoms with van der Waals surface area (Å²) < 4.78 is 11.1. The maximum atomic E-state index is 9.59. The van der Waals surface area contributed by atoms with Crippen molar-refractivity contribution in [2.24, 2.45) is 5.92 Å². The third-order valence-electron chi connectivity index (χ3n) is 2.84. The number of ether oxygens (including phenoxy) is 2. The minimum Gasteiger partial charge on any atom is -0.388 e. The Hall–Kier alpha value is -0.120. The lowest BCUT2D eigenvalue weighted by Crippen LogP contribution is -2.43. The average molecular weight is 186 g/mol. The molecule has 2 heterocycles. The molecule has 0 aromatic rings. The molecule has 2 fully saturated rings. The topological polar surface area (TPSA) is 42.0 Å². The van der Waals surface area contributed by atoms with Crippen molar-refractivity contribution in [3.05, 3.63) is 0 Å². The van der Waals surface area contributed by atoms with Gasteiger partial charge in [0.2, 0.25) is 0 Å². The number of epoxide rings is 1. The molecule has 0 saturated carbocycles. The highest BCUT2D eigenvalue weighted by Gasteiger charge is 2.55. The number of rotatable bonds is 2. The summed E-state index contributed by atoms with van der Waals surface area (Å²) in [6.45, 7) is 6.27. The molecule has 3 heteroatoms. The number of aliphatic hydroxyl groups is 1.